The van der Waals surface area contributed by atoms with Crippen LogP contribution in [0.5, 0.6) is 0 Å². The summed E-state index contributed by atoms with van der Waals surface area (Å²) in [6.07, 6.45) is 1.22. The molecule has 0 spiro atoms. The second-order valence-corrected chi connectivity index (χ2v) is 1.25. The number of nitrogens with one attached hydrogen (secondary N) is 1. The molecule has 0 saturated carbocycles. The Morgan fingerprint density at radius 2 is 2.67 bits per heavy atom. The lowest BCUT2D eigenvalue weighted by Crippen LogP contribution is -1.99. The van der Waals surface area contributed by atoms with Crippen LogP contribution in [0.1, 0.15) is 0 Å². The van der Waals surface area contributed by atoms with E-state index in [2.05, 4.69) is 20.0 Å². The van der Waals surface area contributed by atoms with Crippen molar-refractivity contribution in [1.29, 1.82) is 0 Å². The van der Waals surface area contributed by atoms with Gasteiger partial charge in [0, 0.05) is 0 Å². The van der Waals surface area contributed by atoms with Crippen LogP contribution in [0, 0.1) is 4.91 Å². The molecule has 0 radical (unpaired) electrons. The molecular weight excluding hydrogens is 124 g/mol. The normalized spacial score (nSPS) is 9.00. The third-order valence-corrected chi connectivity index (χ3v) is 0.741. The first-order valence-corrected chi connectivity index (χ1v) is 2.21. The Bertz CT molecular complexity index is 194. The Morgan fingerprint density at radius 1 is 1.89 bits per heavy atom. The van der Waals surface area contributed by atoms with Gasteiger partial charge in [-0.2, -0.15) is 0 Å². The van der Waals surface area contributed by atoms with E-state index in [1.54, 1.807) is 0 Å². The number of hydrogen-bond acceptors (Lipinski definition) is 4. The molecule has 1 N–H and O–H groups in total. The molecule has 6 heteroatoms. The standard InChI is InChI=1S/C3H5N4O2/c1-9-7(8)3-4-2-5-6-3/h2H,1H3,(H,4,5,6)/q+1. The molecule has 0 bridgehead atoms. The van der Waals surface area contributed by atoms with Gasteiger partial charge in [-0.25, -0.2) is 0 Å². The molecule has 1 aromatic rings. The van der Waals surface area contributed by atoms with Gasteiger partial charge < -0.3 is 4.84 Å². The van der Waals surface area contributed by atoms with Crippen LogP contribution in [-0.2, 0) is 4.84 Å². The fraction of sp³-hybridized carbons (Fsp3) is 0.333. The minimum Gasteiger partial charge on any atom is -0.326 e. The Hall–Kier alpha value is -1.46. The third-order valence-electron chi connectivity index (χ3n) is 0.741. The van der Waals surface area contributed by atoms with Crippen molar-refractivity contribution in [2.75, 3.05) is 7.11 Å². The molecule has 0 amide bonds. The van der Waals surface area contributed by atoms with Crippen LogP contribution >= 0.6 is 0 Å². The summed E-state index contributed by atoms with van der Waals surface area (Å²) in [6.45, 7) is 0. The first-order chi connectivity index (χ1) is 4.34. The highest BCUT2D eigenvalue weighted by Crippen LogP contribution is 1.96. The highest BCUT2D eigenvalue weighted by molar-refractivity contribution is 4.93. The van der Waals surface area contributed by atoms with Crippen LogP contribution in [0.25, 0.3) is 0 Å². The molecule has 0 saturated heterocycles. The van der Waals surface area contributed by atoms with E-state index in [1.165, 1.54) is 13.4 Å². The van der Waals surface area contributed by atoms with Gasteiger partial charge in [0.05, 0.1) is 0 Å². The molecule has 1 heterocycles. The fourth-order valence-electron chi connectivity index (χ4n) is 0.373. The van der Waals surface area contributed by atoms with Crippen molar-refractivity contribution >= 4 is 5.95 Å². The molecule has 0 unspecified atom stereocenters. The van der Waals surface area contributed by atoms with E-state index in [0.29, 0.717) is 0 Å². The van der Waals surface area contributed by atoms with E-state index in [4.69, 9.17) is 0 Å². The van der Waals surface area contributed by atoms with Gasteiger partial charge in [0.15, 0.2) is 4.92 Å². The highest BCUT2D eigenvalue weighted by Gasteiger charge is 2.12. The maximum absolute atomic E-state index is 10.4. The largest absolute Gasteiger partial charge is 0.494 e. The number of rotatable bonds is 2. The first kappa shape index (κ1) is 5.67. The minimum atomic E-state index is 0.0394. The number of aromatic amines is 1. The van der Waals surface area contributed by atoms with Crippen molar-refractivity contribution in [3.8, 4) is 0 Å². The summed E-state index contributed by atoms with van der Waals surface area (Å²) in [5.74, 6) is 0.0394. The SMILES string of the molecule is CO[N+](=O)c1ncn[nH]1. The maximum Gasteiger partial charge on any atom is 0.494 e. The molecule has 0 aromatic carbocycles. The van der Waals surface area contributed by atoms with Crippen LogP contribution < -0.4 is 0 Å². The van der Waals surface area contributed by atoms with E-state index in [-0.39, 0.29) is 10.9 Å². The molecule has 9 heavy (non-hydrogen) atoms. The van der Waals surface area contributed by atoms with Crippen molar-refractivity contribution < 1.29 is 9.76 Å². The molecule has 0 aliphatic rings. The molecular formula is C3H5N4O2+. The highest BCUT2D eigenvalue weighted by atomic mass is 16.8. The van der Waals surface area contributed by atoms with E-state index < -0.39 is 0 Å². The monoisotopic (exact) mass is 129 g/mol. The van der Waals surface area contributed by atoms with Gasteiger partial charge in [0.1, 0.15) is 7.11 Å². The van der Waals surface area contributed by atoms with Gasteiger partial charge in [-0.05, 0) is 4.98 Å². The van der Waals surface area contributed by atoms with E-state index in [1.807, 2.05) is 0 Å². The quantitative estimate of drug-likeness (QED) is 0.560. The van der Waals surface area contributed by atoms with Gasteiger partial charge in [-0.15, -0.1) is 5.10 Å². The summed E-state index contributed by atoms with van der Waals surface area (Å²) in [5, 5.41) is 5.75. The lowest BCUT2D eigenvalue weighted by Gasteiger charge is -1.83. The van der Waals surface area contributed by atoms with Crippen molar-refractivity contribution in [2.24, 2.45) is 0 Å². The van der Waals surface area contributed by atoms with Crippen LogP contribution in [0.3, 0.4) is 0 Å². The summed E-state index contributed by atoms with van der Waals surface area (Å²) in [4.78, 5) is 18.4. The smallest absolute Gasteiger partial charge is 0.326 e. The van der Waals surface area contributed by atoms with E-state index in [0.717, 1.165) is 0 Å². The molecule has 1 aromatic heterocycles. The first-order valence-electron chi connectivity index (χ1n) is 2.21. The predicted octanol–water partition coefficient (Wildman–Crippen LogP) is -0.224. The number of nitrogens with zero attached hydrogens (tertiary/aromatic N) is 3. The van der Waals surface area contributed by atoms with Gasteiger partial charge in [0.2, 0.25) is 6.33 Å². The zero-order chi connectivity index (χ0) is 6.69. The van der Waals surface area contributed by atoms with Crippen LogP contribution in [-0.4, -0.2) is 27.2 Å². The lowest BCUT2D eigenvalue weighted by atomic mass is 11.1. The van der Waals surface area contributed by atoms with Crippen molar-refractivity contribution in [2.45, 2.75) is 0 Å². The molecule has 0 aliphatic carbocycles. The summed E-state index contributed by atoms with van der Waals surface area (Å²) in [6, 6.07) is 0. The van der Waals surface area contributed by atoms with Gasteiger partial charge in [0.25, 0.3) is 0 Å². The molecule has 0 atom stereocenters. The topological polar surface area (TPSA) is 70.9 Å². The Morgan fingerprint density at radius 3 is 3.11 bits per heavy atom. The summed E-state index contributed by atoms with van der Waals surface area (Å²) < 4.78 is 0. The average molecular weight is 129 g/mol. The van der Waals surface area contributed by atoms with Gasteiger partial charge in [-0.3, -0.25) is 0 Å². The van der Waals surface area contributed by atoms with Crippen molar-refractivity contribution in [3.05, 3.63) is 11.2 Å². The summed E-state index contributed by atoms with van der Waals surface area (Å²) in [5.41, 5.74) is 0. The average Bonchev–Trinajstić information content (AvgIpc) is 2.37. The van der Waals surface area contributed by atoms with Crippen molar-refractivity contribution in [3.63, 3.8) is 0 Å². The Labute approximate surface area is 50.4 Å². The molecule has 1 rings (SSSR count). The Kier molecular flexibility index (Phi) is 1.39. The molecule has 6 nitrogen and oxygen atoms in total. The Balaban J connectivity index is 2.77. The number of aromatic nitrogens is 3. The minimum absolute atomic E-state index is 0.0394. The summed E-state index contributed by atoms with van der Waals surface area (Å²) >= 11 is 0. The van der Waals surface area contributed by atoms with Crippen LogP contribution in [0.15, 0.2) is 6.33 Å². The van der Waals surface area contributed by atoms with Crippen LogP contribution in [0.2, 0.25) is 0 Å². The van der Waals surface area contributed by atoms with Gasteiger partial charge >= 0.3 is 5.95 Å². The zero-order valence-corrected chi connectivity index (χ0v) is 4.74. The molecule has 0 aliphatic heterocycles. The lowest BCUT2D eigenvalue weighted by molar-refractivity contribution is -0.741. The second-order valence-electron chi connectivity index (χ2n) is 1.25. The third kappa shape index (κ3) is 1.01. The van der Waals surface area contributed by atoms with E-state index in [9.17, 15) is 4.91 Å². The van der Waals surface area contributed by atoms with E-state index >= 15 is 0 Å². The summed E-state index contributed by atoms with van der Waals surface area (Å²) in [7, 11) is 1.25. The van der Waals surface area contributed by atoms with Gasteiger partial charge in [-0.1, -0.05) is 10.0 Å². The predicted molar refractivity (Wildman–Crippen MR) is 26.7 cm³/mol. The molecule has 48 valence electrons. The second kappa shape index (κ2) is 2.21. The van der Waals surface area contributed by atoms with Crippen molar-refractivity contribution in [1.82, 2.24) is 15.2 Å². The number of H-pyrrole nitrogens is 1. The number of hydrogen-bond donors (Lipinski definition) is 1. The molecule has 0 fully saturated rings. The maximum atomic E-state index is 10.4. The fourth-order valence-corrected chi connectivity index (χ4v) is 0.373. The zero-order valence-electron chi connectivity index (χ0n) is 4.74. The van der Waals surface area contributed by atoms with Crippen LogP contribution in [0.4, 0.5) is 5.95 Å².